The fourth-order valence-electron chi connectivity index (χ4n) is 1.76. The molecule has 3 nitrogen and oxygen atoms in total. The van der Waals surface area contributed by atoms with Crippen molar-refractivity contribution in [2.24, 2.45) is 0 Å². The Morgan fingerprint density at radius 3 is 3.18 bits per heavy atom. The minimum Gasteiger partial charge on any atom is -0.359 e. The van der Waals surface area contributed by atoms with Crippen molar-refractivity contribution >= 4 is 26.8 Å². The number of pyridine rings is 1. The van der Waals surface area contributed by atoms with Crippen molar-refractivity contribution in [3.63, 3.8) is 0 Å². The van der Waals surface area contributed by atoms with Crippen LogP contribution in [-0.2, 0) is 0 Å². The highest BCUT2D eigenvalue weighted by Crippen LogP contribution is 2.25. The molecule has 86 valence electrons. The Kier molecular flexibility index (Phi) is 2.87. The number of halogens is 1. The number of hydrogen-bond acceptors (Lipinski definition) is 2. The molecular formula is C13H12BrN3. The van der Waals surface area contributed by atoms with Gasteiger partial charge >= 0.3 is 0 Å². The number of hydrogen-bond donors (Lipinski definition) is 2. The number of rotatable bonds is 2. The first-order valence-electron chi connectivity index (χ1n) is 5.67. The molecule has 0 aliphatic heterocycles. The van der Waals surface area contributed by atoms with Gasteiger partial charge in [0.2, 0.25) is 0 Å². The third kappa shape index (κ3) is 2.36. The zero-order valence-electron chi connectivity index (χ0n) is 9.26. The van der Waals surface area contributed by atoms with Gasteiger partial charge in [-0.05, 0) is 28.8 Å². The van der Waals surface area contributed by atoms with Crippen LogP contribution in [0, 0.1) is 11.8 Å². The topological polar surface area (TPSA) is 40.7 Å². The third-order valence-electron chi connectivity index (χ3n) is 2.82. The van der Waals surface area contributed by atoms with Gasteiger partial charge in [-0.2, -0.15) is 0 Å². The first-order chi connectivity index (χ1) is 8.34. The summed E-state index contributed by atoms with van der Waals surface area (Å²) in [5, 5.41) is 4.48. The molecule has 1 saturated carbocycles. The van der Waals surface area contributed by atoms with Gasteiger partial charge in [-0.3, -0.25) is 4.98 Å². The lowest BCUT2D eigenvalue weighted by Crippen LogP contribution is -2.15. The van der Waals surface area contributed by atoms with Crippen LogP contribution >= 0.6 is 15.9 Å². The SMILES string of the molecule is Brc1cncc2[nH]cc(C#CCNC3CC3)c12. The number of nitrogens with zero attached hydrogens (tertiary/aromatic N) is 1. The summed E-state index contributed by atoms with van der Waals surface area (Å²) >= 11 is 3.50. The summed E-state index contributed by atoms with van der Waals surface area (Å²) in [4.78, 5) is 7.29. The van der Waals surface area contributed by atoms with Crippen LogP contribution < -0.4 is 5.32 Å². The highest BCUT2D eigenvalue weighted by molar-refractivity contribution is 9.10. The van der Waals surface area contributed by atoms with Crippen LogP contribution in [0.5, 0.6) is 0 Å². The molecule has 0 spiro atoms. The summed E-state index contributed by atoms with van der Waals surface area (Å²) in [6.07, 6.45) is 8.14. The van der Waals surface area contributed by atoms with Crippen molar-refractivity contribution in [1.82, 2.24) is 15.3 Å². The summed E-state index contributed by atoms with van der Waals surface area (Å²) in [6.45, 7) is 0.764. The molecule has 0 saturated heterocycles. The van der Waals surface area contributed by atoms with E-state index in [1.165, 1.54) is 12.8 Å². The van der Waals surface area contributed by atoms with Crippen molar-refractivity contribution in [1.29, 1.82) is 0 Å². The molecule has 1 aliphatic carbocycles. The van der Waals surface area contributed by atoms with E-state index < -0.39 is 0 Å². The number of nitrogens with one attached hydrogen (secondary N) is 2. The maximum Gasteiger partial charge on any atom is 0.0664 e. The molecule has 0 aromatic carbocycles. The molecule has 0 bridgehead atoms. The van der Waals surface area contributed by atoms with Crippen LogP contribution in [0.25, 0.3) is 10.9 Å². The summed E-state index contributed by atoms with van der Waals surface area (Å²) in [5.41, 5.74) is 2.03. The van der Waals surface area contributed by atoms with Gasteiger partial charge in [0.1, 0.15) is 0 Å². The van der Waals surface area contributed by atoms with Gasteiger partial charge in [0, 0.05) is 28.3 Å². The highest BCUT2D eigenvalue weighted by atomic mass is 79.9. The van der Waals surface area contributed by atoms with Crippen molar-refractivity contribution in [3.8, 4) is 11.8 Å². The molecule has 2 aromatic rings. The quantitative estimate of drug-likeness (QED) is 0.834. The first-order valence-corrected chi connectivity index (χ1v) is 6.47. The van der Waals surface area contributed by atoms with E-state index in [9.17, 15) is 0 Å². The van der Waals surface area contributed by atoms with E-state index in [4.69, 9.17) is 0 Å². The van der Waals surface area contributed by atoms with Gasteiger partial charge in [0.15, 0.2) is 0 Å². The molecular weight excluding hydrogens is 278 g/mol. The molecule has 3 rings (SSSR count). The Balaban J connectivity index is 1.83. The number of aromatic amines is 1. The molecule has 0 amide bonds. The largest absolute Gasteiger partial charge is 0.359 e. The van der Waals surface area contributed by atoms with E-state index >= 15 is 0 Å². The van der Waals surface area contributed by atoms with E-state index in [-0.39, 0.29) is 0 Å². The Bertz CT molecular complexity index is 602. The zero-order valence-corrected chi connectivity index (χ0v) is 10.8. The van der Waals surface area contributed by atoms with E-state index in [0.29, 0.717) is 6.04 Å². The maximum absolute atomic E-state index is 4.12. The molecule has 1 fully saturated rings. The Morgan fingerprint density at radius 1 is 1.47 bits per heavy atom. The highest BCUT2D eigenvalue weighted by Gasteiger charge is 2.19. The average molecular weight is 290 g/mol. The van der Waals surface area contributed by atoms with Gasteiger partial charge in [-0.1, -0.05) is 11.8 Å². The Labute approximate surface area is 108 Å². The summed E-state index contributed by atoms with van der Waals surface area (Å²) in [6, 6.07) is 0.711. The lowest BCUT2D eigenvalue weighted by Gasteiger charge is -1.94. The molecule has 2 heterocycles. The van der Waals surface area contributed by atoms with Crippen LogP contribution in [-0.4, -0.2) is 22.6 Å². The normalized spacial score (nSPS) is 14.6. The molecule has 0 radical (unpaired) electrons. The fraction of sp³-hybridized carbons (Fsp3) is 0.308. The summed E-state index contributed by atoms with van der Waals surface area (Å²) in [7, 11) is 0. The van der Waals surface area contributed by atoms with E-state index in [2.05, 4.69) is 43.1 Å². The van der Waals surface area contributed by atoms with E-state index in [1.54, 1.807) is 6.20 Å². The number of fused-ring (bicyclic) bond motifs is 1. The smallest absolute Gasteiger partial charge is 0.0664 e. The minimum absolute atomic E-state index is 0.711. The van der Waals surface area contributed by atoms with Crippen LogP contribution in [0.4, 0.5) is 0 Å². The molecule has 0 atom stereocenters. The van der Waals surface area contributed by atoms with E-state index in [1.807, 2.05) is 12.4 Å². The van der Waals surface area contributed by atoms with Crippen molar-refractivity contribution in [2.75, 3.05) is 6.54 Å². The average Bonchev–Trinajstić information content (AvgIpc) is 3.05. The monoisotopic (exact) mass is 289 g/mol. The van der Waals surface area contributed by atoms with Gasteiger partial charge in [0.25, 0.3) is 0 Å². The van der Waals surface area contributed by atoms with Crippen molar-refractivity contribution in [3.05, 3.63) is 28.6 Å². The Hall–Kier alpha value is -1.31. The lowest BCUT2D eigenvalue weighted by atomic mass is 10.2. The minimum atomic E-state index is 0.711. The fourth-order valence-corrected chi connectivity index (χ4v) is 2.31. The van der Waals surface area contributed by atoms with Gasteiger partial charge in [-0.15, -0.1) is 0 Å². The van der Waals surface area contributed by atoms with Crippen molar-refractivity contribution in [2.45, 2.75) is 18.9 Å². The van der Waals surface area contributed by atoms with Crippen molar-refractivity contribution < 1.29 is 0 Å². The summed E-state index contributed by atoms with van der Waals surface area (Å²) in [5.74, 6) is 6.35. The van der Waals surface area contributed by atoms with E-state index in [0.717, 1.165) is 27.5 Å². The standard InChI is InChI=1S/C13H12BrN3/c14-11-7-15-8-12-13(11)9(6-17-12)2-1-5-16-10-3-4-10/h6-8,10,16-17H,3-5H2. The predicted molar refractivity (Wildman–Crippen MR) is 71.7 cm³/mol. The van der Waals surface area contributed by atoms with Crippen LogP contribution in [0.2, 0.25) is 0 Å². The van der Waals surface area contributed by atoms with Gasteiger partial charge in [0.05, 0.1) is 23.8 Å². The number of H-pyrrole nitrogens is 1. The second-order valence-corrected chi connectivity index (χ2v) is 5.06. The van der Waals surface area contributed by atoms with Crippen LogP contribution in [0.3, 0.4) is 0 Å². The zero-order chi connectivity index (χ0) is 11.7. The number of aromatic nitrogens is 2. The molecule has 1 aliphatic rings. The molecule has 17 heavy (non-hydrogen) atoms. The maximum atomic E-state index is 4.12. The second-order valence-electron chi connectivity index (χ2n) is 4.20. The molecule has 4 heteroatoms. The molecule has 2 aromatic heterocycles. The first kappa shape index (κ1) is 10.8. The predicted octanol–water partition coefficient (Wildman–Crippen LogP) is 2.43. The summed E-state index contributed by atoms with van der Waals surface area (Å²) < 4.78 is 0.982. The van der Waals surface area contributed by atoms with Crippen LogP contribution in [0.15, 0.2) is 23.1 Å². The van der Waals surface area contributed by atoms with Crippen LogP contribution in [0.1, 0.15) is 18.4 Å². The van der Waals surface area contributed by atoms with Gasteiger partial charge in [-0.25, -0.2) is 0 Å². The van der Waals surface area contributed by atoms with Gasteiger partial charge < -0.3 is 10.3 Å². The second kappa shape index (κ2) is 4.52. The Morgan fingerprint density at radius 2 is 2.35 bits per heavy atom. The third-order valence-corrected chi connectivity index (χ3v) is 3.42. The molecule has 0 unspecified atom stereocenters. The molecule has 2 N–H and O–H groups in total. The lowest BCUT2D eigenvalue weighted by molar-refractivity contribution is 0.763.